The van der Waals surface area contributed by atoms with Gasteiger partial charge < -0.3 is 18.9 Å². The van der Waals surface area contributed by atoms with Crippen molar-refractivity contribution in [3.8, 4) is 0 Å². The highest BCUT2D eigenvalue weighted by molar-refractivity contribution is 7.99. The highest BCUT2D eigenvalue weighted by Crippen LogP contribution is 2.38. The topological polar surface area (TPSA) is 60.0 Å². The Labute approximate surface area is 208 Å². The fraction of sp³-hybridized carbons (Fsp3) is 0.500. The van der Waals surface area contributed by atoms with Crippen molar-refractivity contribution >= 4 is 36.1 Å². The number of benzene rings is 2. The van der Waals surface area contributed by atoms with Crippen LogP contribution < -0.4 is 10.8 Å². The van der Waals surface area contributed by atoms with E-state index in [9.17, 15) is 4.79 Å². The molecule has 0 spiro atoms. The molecule has 1 saturated heterocycles. The molecule has 1 N–H and O–H groups in total. The third kappa shape index (κ3) is 6.57. The van der Waals surface area contributed by atoms with E-state index in [2.05, 4.69) is 36.4 Å². The quantitative estimate of drug-likeness (QED) is 0.543. The lowest BCUT2D eigenvalue weighted by atomic mass is 9.79. The molecule has 0 saturated carbocycles. The zero-order chi connectivity index (χ0) is 25.3. The molecule has 2 aromatic carbocycles. The van der Waals surface area contributed by atoms with E-state index < -0.39 is 30.0 Å². The number of carbonyl (C=O) groups is 1. The number of carbonyl (C=O) groups excluding carboxylic acids is 1. The van der Waals surface area contributed by atoms with Crippen LogP contribution >= 0.6 is 11.8 Å². The van der Waals surface area contributed by atoms with Crippen molar-refractivity contribution < 1.29 is 18.8 Å². The molecule has 34 heavy (non-hydrogen) atoms. The zero-order valence-electron chi connectivity index (χ0n) is 21.8. The zero-order valence-corrected chi connectivity index (χ0v) is 22.6. The van der Waals surface area contributed by atoms with Gasteiger partial charge in [0.2, 0.25) is 0 Å². The van der Waals surface area contributed by atoms with Gasteiger partial charge in [0.15, 0.2) is 0 Å². The van der Waals surface area contributed by atoms with Crippen molar-refractivity contribution in [3.05, 3.63) is 48.0 Å². The van der Waals surface area contributed by atoms with Gasteiger partial charge in [0.25, 0.3) is 0 Å². The first kappa shape index (κ1) is 26.6. The number of anilines is 1. The van der Waals surface area contributed by atoms with Crippen LogP contribution in [0.4, 0.5) is 10.5 Å². The van der Waals surface area contributed by atoms with Gasteiger partial charge in [-0.2, -0.15) is 0 Å². The predicted octanol–water partition coefficient (Wildman–Crippen LogP) is 5.55. The Kier molecular flexibility index (Phi) is 7.77. The maximum atomic E-state index is 12.7. The van der Waals surface area contributed by atoms with Crippen LogP contribution in [0.2, 0.25) is 0 Å². The second-order valence-electron chi connectivity index (χ2n) is 10.9. The van der Waals surface area contributed by atoms with Crippen molar-refractivity contribution in [3.63, 3.8) is 0 Å². The first-order chi connectivity index (χ1) is 15.7. The van der Waals surface area contributed by atoms with E-state index in [0.717, 1.165) is 21.8 Å². The fourth-order valence-electron chi connectivity index (χ4n) is 3.47. The third-order valence-corrected chi connectivity index (χ3v) is 7.04. The Morgan fingerprint density at radius 1 is 1.03 bits per heavy atom. The van der Waals surface area contributed by atoms with Gasteiger partial charge in [-0.05, 0) is 91.8 Å². The number of ether oxygens (including phenoxy) is 1. The number of rotatable bonds is 6. The molecule has 1 aliphatic heterocycles. The first-order valence-electron chi connectivity index (χ1n) is 11.6. The van der Waals surface area contributed by atoms with Crippen LogP contribution in [0.15, 0.2) is 52.3 Å². The van der Waals surface area contributed by atoms with Gasteiger partial charge in [0, 0.05) is 16.3 Å². The largest absolute Gasteiger partial charge is 0.494 e. The monoisotopic (exact) mass is 484 g/mol. The lowest BCUT2D eigenvalue weighted by Gasteiger charge is -2.32. The second kappa shape index (κ2) is 9.94. The molecular weight excluding hydrogens is 447 g/mol. The maximum Gasteiger partial charge on any atom is 0.494 e. The molecule has 6 nitrogen and oxygen atoms in total. The van der Waals surface area contributed by atoms with Crippen molar-refractivity contribution in [2.24, 2.45) is 0 Å². The van der Waals surface area contributed by atoms with E-state index in [4.69, 9.17) is 14.0 Å². The highest BCUT2D eigenvalue weighted by Gasteiger charge is 2.51. The maximum absolute atomic E-state index is 12.7. The standard InChI is InChI=1S/C26H37BN2O4S/c1-24(2,3)31-23(30)28-20-16-19(27-32-25(4,5)26(6,7)33-27)14-15-22(20)34-21-13-11-10-12-18(21)17-29(8)9/h10-16H,17H2,1-9H3,(H,28,30). The Morgan fingerprint density at radius 3 is 2.24 bits per heavy atom. The van der Waals surface area contributed by atoms with Crippen molar-refractivity contribution in [1.82, 2.24) is 4.90 Å². The molecule has 0 aliphatic carbocycles. The molecular formula is C26H37BN2O4S. The number of hydrogen-bond donors (Lipinski definition) is 1. The van der Waals surface area contributed by atoms with Crippen molar-refractivity contribution in [2.45, 2.75) is 81.6 Å². The lowest BCUT2D eigenvalue weighted by Crippen LogP contribution is -2.41. The van der Waals surface area contributed by atoms with E-state index in [1.54, 1.807) is 11.8 Å². The summed E-state index contributed by atoms with van der Waals surface area (Å²) in [7, 11) is 3.58. The minimum atomic E-state index is -0.598. The van der Waals surface area contributed by atoms with Gasteiger partial charge in [0.05, 0.1) is 16.9 Å². The normalized spacial score (nSPS) is 17.2. The minimum Gasteiger partial charge on any atom is -0.444 e. The molecule has 1 amide bonds. The Hall–Kier alpha value is -2.00. The highest BCUT2D eigenvalue weighted by atomic mass is 32.2. The van der Waals surface area contributed by atoms with Crippen molar-refractivity contribution in [1.29, 1.82) is 0 Å². The van der Waals surface area contributed by atoms with Crippen LogP contribution in [0.5, 0.6) is 0 Å². The molecule has 0 bridgehead atoms. The summed E-state index contributed by atoms with van der Waals surface area (Å²) in [6, 6.07) is 14.2. The minimum absolute atomic E-state index is 0.449. The van der Waals surface area contributed by atoms with Gasteiger partial charge in [-0.3, -0.25) is 5.32 Å². The summed E-state index contributed by atoms with van der Waals surface area (Å²) in [4.78, 5) is 16.9. The summed E-state index contributed by atoms with van der Waals surface area (Å²) >= 11 is 1.62. The first-order valence-corrected chi connectivity index (χ1v) is 12.4. The summed E-state index contributed by atoms with van der Waals surface area (Å²) in [6.07, 6.45) is -0.498. The lowest BCUT2D eigenvalue weighted by molar-refractivity contribution is 0.00578. The molecule has 1 heterocycles. The number of nitrogens with zero attached hydrogens (tertiary/aromatic N) is 1. The third-order valence-electron chi connectivity index (χ3n) is 5.84. The Bertz CT molecular complexity index is 1020. The summed E-state index contributed by atoms with van der Waals surface area (Å²) in [5.74, 6) is 0. The average molecular weight is 484 g/mol. The smallest absolute Gasteiger partial charge is 0.444 e. The Morgan fingerprint density at radius 2 is 1.65 bits per heavy atom. The van der Waals surface area contributed by atoms with Crippen LogP contribution in [0.1, 0.15) is 54.0 Å². The molecule has 0 aromatic heterocycles. The average Bonchev–Trinajstić information content (AvgIpc) is 2.90. The van der Waals surface area contributed by atoms with Crippen LogP contribution in [0, 0.1) is 0 Å². The second-order valence-corrected chi connectivity index (χ2v) is 12.0. The van der Waals surface area contributed by atoms with Crippen LogP contribution in [0.3, 0.4) is 0 Å². The van der Waals surface area contributed by atoms with E-state index in [-0.39, 0.29) is 0 Å². The number of amides is 1. The van der Waals surface area contributed by atoms with Gasteiger partial charge in [-0.25, -0.2) is 4.79 Å². The molecule has 8 heteroatoms. The number of hydrogen-bond acceptors (Lipinski definition) is 6. The van der Waals surface area contributed by atoms with E-state index >= 15 is 0 Å². The SMILES string of the molecule is CN(C)Cc1ccccc1Sc1ccc(B2OC(C)(C)C(C)(C)O2)cc1NC(=O)OC(C)(C)C. The molecule has 0 radical (unpaired) electrons. The molecule has 0 unspecified atom stereocenters. The van der Waals surface area contributed by atoms with E-state index in [1.807, 2.05) is 78.8 Å². The molecule has 1 fully saturated rings. The molecule has 2 aromatic rings. The summed E-state index contributed by atoms with van der Waals surface area (Å²) in [5.41, 5.74) is 1.22. The number of nitrogens with one attached hydrogen (secondary N) is 1. The Balaban J connectivity index is 1.95. The summed E-state index contributed by atoms with van der Waals surface area (Å²) in [6.45, 7) is 14.5. The van der Waals surface area contributed by atoms with Crippen molar-refractivity contribution in [2.75, 3.05) is 19.4 Å². The molecule has 184 valence electrons. The van der Waals surface area contributed by atoms with Gasteiger partial charge in [0.1, 0.15) is 5.60 Å². The van der Waals surface area contributed by atoms with Gasteiger partial charge in [-0.15, -0.1) is 0 Å². The van der Waals surface area contributed by atoms with Crippen LogP contribution in [-0.2, 0) is 20.6 Å². The summed E-state index contributed by atoms with van der Waals surface area (Å²) in [5, 5.41) is 2.95. The van der Waals surface area contributed by atoms with Gasteiger partial charge in [-0.1, -0.05) is 36.0 Å². The van der Waals surface area contributed by atoms with E-state index in [1.165, 1.54) is 5.56 Å². The van der Waals surface area contributed by atoms with Crippen LogP contribution in [0.25, 0.3) is 0 Å². The summed E-state index contributed by atoms with van der Waals surface area (Å²) < 4.78 is 18.0. The van der Waals surface area contributed by atoms with E-state index in [0.29, 0.717) is 5.69 Å². The fourth-order valence-corrected chi connectivity index (χ4v) is 4.47. The molecule has 0 atom stereocenters. The van der Waals surface area contributed by atoms with Crippen LogP contribution in [-0.4, -0.2) is 49.0 Å². The molecule has 3 rings (SSSR count). The predicted molar refractivity (Wildman–Crippen MR) is 140 cm³/mol. The molecule has 1 aliphatic rings. The van der Waals surface area contributed by atoms with Gasteiger partial charge >= 0.3 is 13.2 Å².